The Morgan fingerprint density at radius 1 is 1.75 bits per heavy atom. The van der Waals surface area contributed by atoms with Crippen LogP contribution in [-0.4, -0.2) is 18.1 Å². The fraction of sp³-hybridized carbons (Fsp3) is 0.400. The van der Waals surface area contributed by atoms with Crippen LogP contribution in [0.1, 0.15) is 0 Å². The van der Waals surface area contributed by atoms with Crippen molar-refractivity contribution in [3.63, 3.8) is 0 Å². The Hall–Kier alpha value is -1.01. The summed E-state index contributed by atoms with van der Waals surface area (Å²) in [5, 5.41) is 11.3. The minimum atomic E-state index is 0.646. The molecule has 0 aromatic carbocycles. The lowest BCUT2D eigenvalue weighted by molar-refractivity contribution is 0.452. The molecule has 1 aliphatic rings. The minimum absolute atomic E-state index is 0.646. The predicted octanol–water partition coefficient (Wildman–Crippen LogP) is -0.156. The van der Waals surface area contributed by atoms with E-state index in [0.717, 1.165) is 6.54 Å². The first-order valence-electron chi connectivity index (χ1n) is 2.47. The third-order valence-corrected chi connectivity index (χ3v) is 0.958. The van der Waals surface area contributed by atoms with Gasteiger partial charge in [0.1, 0.15) is 0 Å². The molecule has 0 amide bonds. The Bertz CT molecular complexity index is 133. The normalized spacial score (nSPS) is 18.1. The second-order valence-electron chi connectivity index (χ2n) is 1.57. The van der Waals surface area contributed by atoms with Gasteiger partial charge < -0.3 is 0 Å². The van der Waals surface area contributed by atoms with Gasteiger partial charge in [-0.25, -0.2) is 0 Å². The number of rotatable bonds is 0. The smallest absolute Gasteiger partial charge is 0.184 e. The SMILES string of the molecule is N#CN1C=CCNC1. The molecule has 1 rings (SSSR count). The van der Waals surface area contributed by atoms with Gasteiger partial charge >= 0.3 is 0 Å². The lowest BCUT2D eigenvalue weighted by atomic mass is 10.5. The van der Waals surface area contributed by atoms with Crippen LogP contribution in [0.4, 0.5) is 0 Å². The van der Waals surface area contributed by atoms with Gasteiger partial charge in [0.05, 0.1) is 6.67 Å². The van der Waals surface area contributed by atoms with Crippen LogP contribution < -0.4 is 5.32 Å². The lowest BCUT2D eigenvalue weighted by Gasteiger charge is -2.14. The van der Waals surface area contributed by atoms with E-state index >= 15 is 0 Å². The molecule has 0 bridgehead atoms. The summed E-state index contributed by atoms with van der Waals surface area (Å²) in [5.41, 5.74) is 0. The maximum atomic E-state index is 8.28. The topological polar surface area (TPSA) is 39.1 Å². The van der Waals surface area contributed by atoms with Crippen LogP contribution >= 0.6 is 0 Å². The molecule has 1 aliphatic heterocycles. The summed E-state index contributed by atoms with van der Waals surface area (Å²) in [5.74, 6) is 0. The number of nitrogens with one attached hydrogen (secondary N) is 1. The van der Waals surface area contributed by atoms with E-state index in [0.29, 0.717) is 6.67 Å². The van der Waals surface area contributed by atoms with Gasteiger partial charge in [-0.1, -0.05) is 6.08 Å². The molecule has 1 heterocycles. The third-order valence-electron chi connectivity index (χ3n) is 0.958. The summed E-state index contributed by atoms with van der Waals surface area (Å²) in [6.45, 7) is 1.52. The van der Waals surface area contributed by atoms with Gasteiger partial charge in [0.15, 0.2) is 6.19 Å². The average molecular weight is 109 g/mol. The Kier molecular flexibility index (Phi) is 1.50. The highest BCUT2D eigenvalue weighted by molar-refractivity contribution is 4.94. The van der Waals surface area contributed by atoms with Crippen LogP contribution in [-0.2, 0) is 0 Å². The molecule has 0 saturated heterocycles. The molecule has 0 fully saturated rings. The highest BCUT2D eigenvalue weighted by Gasteiger charge is 1.97. The van der Waals surface area contributed by atoms with Crippen LogP contribution in [0.25, 0.3) is 0 Å². The van der Waals surface area contributed by atoms with Gasteiger partial charge in [-0.3, -0.25) is 10.2 Å². The molecule has 0 unspecified atom stereocenters. The van der Waals surface area contributed by atoms with Crippen molar-refractivity contribution in [2.75, 3.05) is 13.2 Å². The first kappa shape index (κ1) is 5.13. The first-order chi connectivity index (χ1) is 3.93. The molecule has 3 nitrogen and oxygen atoms in total. The molecule has 0 aromatic heterocycles. The van der Waals surface area contributed by atoms with E-state index in [1.165, 1.54) is 4.90 Å². The summed E-state index contributed by atoms with van der Waals surface area (Å²) in [4.78, 5) is 1.53. The second kappa shape index (κ2) is 2.34. The summed E-state index contributed by atoms with van der Waals surface area (Å²) in [6, 6.07) is 0. The Morgan fingerprint density at radius 3 is 3.00 bits per heavy atom. The van der Waals surface area contributed by atoms with Crippen LogP contribution in [0.2, 0.25) is 0 Å². The lowest BCUT2D eigenvalue weighted by Crippen LogP contribution is -2.30. The standard InChI is InChI=1S/C5H7N3/c6-4-8-3-1-2-7-5-8/h1,3,7H,2,5H2. The van der Waals surface area contributed by atoms with E-state index in [1.807, 2.05) is 12.3 Å². The molecule has 0 radical (unpaired) electrons. The van der Waals surface area contributed by atoms with Gasteiger partial charge in [0, 0.05) is 12.7 Å². The molecule has 8 heavy (non-hydrogen) atoms. The second-order valence-corrected chi connectivity index (χ2v) is 1.57. The van der Waals surface area contributed by atoms with Crippen LogP contribution in [0.5, 0.6) is 0 Å². The summed E-state index contributed by atoms with van der Waals surface area (Å²) in [7, 11) is 0. The third kappa shape index (κ3) is 0.983. The van der Waals surface area contributed by atoms with Crippen molar-refractivity contribution in [1.82, 2.24) is 10.2 Å². The molecule has 0 atom stereocenters. The maximum Gasteiger partial charge on any atom is 0.184 e. The number of nitrogens with zero attached hydrogens (tertiary/aromatic N) is 2. The minimum Gasteiger partial charge on any atom is -0.295 e. The molecular formula is C5H7N3. The molecule has 0 saturated carbocycles. The zero-order valence-electron chi connectivity index (χ0n) is 4.46. The fourth-order valence-electron chi connectivity index (χ4n) is 0.570. The number of hydrogen-bond donors (Lipinski definition) is 1. The number of hydrogen-bond acceptors (Lipinski definition) is 3. The zero-order chi connectivity index (χ0) is 5.82. The van der Waals surface area contributed by atoms with Crippen molar-refractivity contribution < 1.29 is 0 Å². The molecule has 42 valence electrons. The van der Waals surface area contributed by atoms with Crippen molar-refractivity contribution in [2.45, 2.75) is 0 Å². The molecule has 3 heteroatoms. The Balaban J connectivity index is 2.46. The van der Waals surface area contributed by atoms with Crippen molar-refractivity contribution >= 4 is 0 Å². The van der Waals surface area contributed by atoms with E-state index in [1.54, 1.807) is 6.20 Å². The largest absolute Gasteiger partial charge is 0.295 e. The van der Waals surface area contributed by atoms with Crippen molar-refractivity contribution in [3.8, 4) is 6.19 Å². The van der Waals surface area contributed by atoms with E-state index in [-0.39, 0.29) is 0 Å². The van der Waals surface area contributed by atoms with Gasteiger partial charge in [0.25, 0.3) is 0 Å². The van der Waals surface area contributed by atoms with E-state index in [2.05, 4.69) is 5.32 Å². The Labute approximate surface area is 48.2 Å². The molecular weight excluding hydrogens is 102 g/mol. The van der Waals surface area contributed by atoms with Gasteiger partial charge in [0.2, 0.25) is 0 Å². The molecule has 0 spiro atoms. The predicted molar refractivity (Wildman–Crippen MR) is 29.5 cm³/mol. The zero-order valence-corrected chi connectivity index (χ0v) is 4.46. The quantitative estimate of drug-likeness (QED) is 0.439. The van der Waals surface area contributed by atoms with E-state index in [9.17, 15) is 0 Å². The van der Waals surface area contributed by atoms with E-state index in [4.69, 9.17) is 5.26 Å². The van der Waals surface area contributed by atoms with E-state index < -0.39 is 0 Å². The molecule has 1 N–H and O–H groups in total. The van der Waals surface area contributed by atoms with Crippen LogP contribution in [0.15, 0.2) is 12.3 Å². The van der Waals surface area contributed by atoms with Gasteiger partial charge in [-0.05, 0) is 0 Å². The maximum absolute atomic E-state index is 8.28. The highest BCUT2D eigenvalue weighted by atomic mass is 15.2. The monoisotopic (exact) mass is 109 g/mol. The summed E-state index contributed by atoms with van der Waals surface area (Å²) >= 11 is 0. The average Bonchev–Trinajstić information content (AvgIpc) is 1.90. The first-order valence-corrected chi connectivity index (χ1v) is 2.47. The fourth-order valence-corrected chi connectivity index (χ4v) is 0.570. The summed E-state index contributed by atoms with van der Waals surface area (Å²) in [6.07, 6.45) is 5.67. The number of nitriles is 1. The van der Waals surface area contributed by atoms with Crippen LogP contribution in [0, 0.1) is 11.5 Å². The van der Waals surface area contributed by atoms with Crippen molar-refractivity contribution in [2.24, 2.45) is 0 Å². The van der Waals surface area contributed by atoms with Gasteiger partial charge in [-0.2, -0.15) is 5.26 Å². The van der Waals surface area contributed by atoms with Crippen molar-refractivity contribution in [1.29, 1.82) is 5.26 Å². The highest BCUT2D eigenvalue weighted by Crippen LogP contribution is 1.87. The van der Waals surface area contributed by atoms with Crippen LogP contribution in [0.3, 0.4) is 0 Å². The summed E-state index contributed by atoms with van der Waals surface area (Å²) < 4.78 is 0. The Morgan fingerprint density at radius 2 is 2.62 bits per heavy atom. The molecule has 0 aromatic rings. The molecule has 0 aliphatic carbocycles. The van der Waals surface area contributed by atoms with Crippen molar-refractivity contribution in [3.05, 3.63) is 12.3 Å². The van der Waals surface area contributed by atoms with Gasteiger partial charge in [-0.15, -0.1) is 0 Å².